The molecule has 0 saturated carbocycles. The molecule has 0 N–H and O–H groups in total. The molecule has 1 fully saturated rings. The van der Waals surface area contributed by atoms with E-state index in [9.17, 15) is 9.59 Å². The van der Waals surface area contributed by atoms with Crippen LogP contribution in [-0.4, -0.2) is 42.8 Å². The van der Waals surface area contributed by atoms with Gasteiger partial charge in [-0.3, -0.25) is 4.90 Å². The number of ether oxygens (including phenoxy) is 2. The van der Waals surface area contributed by atoms with Gasteiger partial charge in [0.25, 0.3) is 0 Å². The van der Waals surface area contributed by atoms with E-state index in [1.807, 2.05) is 6.08 Å². The lowest BCUT2D eigenvalue weighted by molar-refractivity contribution is -0.136. The number of nitrogens with zero attached hydrogens (tertiary/aromatic N) is 1. The van der Waals surface area contributed by atoms with E-state index >= 15 is 0 Å². The molecule has 2 bridgehead atoms. The van der Waals surface area contributed by atoms with Gasteiger partial charge in [0.15, 0.2) is 0 Å². The molecule has 0 aromatic carbocycles. The van der Waals surface area contributed by atoms with Gasteiger partial charge < -0.3 is 9.47 Å². The molecule has 5 nitrogen and oxygen atoms in total. The van der Waals surface area contributed by atoms with Crippen LogP contribution >= 0.6 is 0 Å². The van der Waals surface area contributed by atoms with Gasteiger partial charge in [0, 0.05) is 6.04 Å². The van der Waals surface area contributed by atoms with E-state index in [1.54, 1.807) is 4.90 Å². The molecule has 106 valence electrons. The second kappa shape index (κ2) is 6.08. The van der Waals surface area contributed by atoms with E-state index in [2.05, 4.69) is 6.92 Å². The monoisotopic (exact) mass is 267 g/mol. The van der Waals surface area contributed by atoms with E-state index in [0.29, 0.717) is 18.6 Å². The van der Waals surface area contributed by atoms with Crippen LogP contribution in [0, 0.1) is 0 Å². The molecule has 1 saturated heterocycles. The van der Waals surface area contributed by atoms with E-state index in [1.165, 1.54) is 7.11 Å². The summed E-state index contributed by atoms with van der Waals surface area (Å²) in [7, 11) is 1.37. The van der Waals surface area contributed by atoms with Crippen LogP contribution in [0.25, 0.3) is 0 Å². The topological polar surface area (TPSA) is 55.8 Å². The summed E-state index contributed by atoms with van der Waals surface area (Å²) in [6.45, 7) is 2.50. The van der Waals surface area contributed by atoms with Gasteiger partial charge >= 0.3 is 12.1 Å². The van der Waals surface area contributed by atoms with Gasteiger partial charge in [-0.05, 0) is 25.7 Å². The Kier molecular flexibility index (Phi) is 4.45. The first kappa shape index (κ1) is 13.9. The number of unbranched alkanes of at least 4 members (excludes halogenated alkanes) is 1. The molecule has 2 rings (SSSR count). The zero-order valence-corrected chi connectivity index (χ0v) is 11.6. The molecule has 5 heteroatoms. The first-order valence-corrected chi connectivity index (χ1v) is 6.92. The van der Waals surface area contributed by atoms with Crippen molar-refractivity contribution in [3.63, 3.8) is 0 Å². The Morgan fingerprint density at radius 3 is 2.89 bits per heavy atom. The summed E-state index contributed by atoms with van der Waals surface area (Å²) in [4.78, 5) is 25.6. The number of methoxy groups -OCH3 is 1. The predicted molar refractivity (Wildman–Crippen MR) is 69.6 cm³/mol. The molecule has 2 heterocycles. The largest absolute Gasteiger partial charge is 0.466 e. The highest BCUT2D eigenvalue weighted by atomic mass is 16.6. The van der Waals surface area contributed by atoms with Crippen molar-refractivity contribution in [3.8, 4) is 0 Å². The standard InChI is InChI=1S/C14H21NO4/c1-3-4-9-19-14(17)15-10-5-7-11(13(16)18-2)12(15)8-6-10/h7,10,12H,3-6,8-9H2,1-2H3. The van der Waals surface area contributed by atoms with Gasteiger partial charge in [0.1, 0.15) is 0 Å². The molecule has 0 spiro atoms. The molecule has 19 heavy (non-hydrogen) atoms. The number of carbonyl (C=O) groups is 2. The summed E-state index contributed by atoms with van der Waals surface area (Å²) in [5.74, 6) is -0.336. The van der Waals surface area contributed by atoms with Gasteiger partial charge in [-0.2, -0.15) is 0 Å². The Balaban J connectivity index is 2.04. The fourth-order valence-electron chi connectivity index (χ4n) is 2.81. The number of esters is 1. The molecule has 2 atom stereocenters. The average Bonchev–Trinajstić information content (AvgIpc) is 2.72. The third-order valence-corrected chi connectivity index (χ3v) is 3.83. The van der Waals surface area contributed by atoms with Crippen molar-refractivity contribution in [3.05, 3.63) is 11.6 Å². The molecular weight excluding hydrogens is 246 g/mol. The second-order valence-electron chi connectivity index (χ2n) is 5.01. The summed E-state index contributed by atoms with van der Waals surface area (Å²) < 4.78 is 10.1. The zero-order valence-electron chi connectivity index (χ0n) is 11.6. The SMILES string of the molecule is CCCCOC(=O)N1C2CC=C(C(=O)OC)C1CC2. The van der Waals surface area contributed by atoms with Gasteiger partial charge in [-0.1, -0.05) is 19.4 Å². The van der Waals surface area contributed by atoms with Crippen LogP contribution in [-0.2, 0) is 14.3 Å². The Morgan fingerprint density at radius 2 is 2.21 bits per heavy atom. The molecule has 0 aromatic heterocycles. The maximum absolute atomic E-state index is 12.1. The Labute approximate surface area is 113 Å². The molecule has 2 aliphatic rings. The summed E-state index contributed by atoms with van der Waals surface area (Å²) in [5.41, 5.74) is 0.601. The maximum atomic E-state index is 12.1. The van der Waals surface area contributed by atoms with Gasteiger partial charge in [0.2, 0.25) is 0 Å². The predicted octanol–water partition coefficient (Wildman–Crippen LogP) is 2.26. The Bertz CT molecular complexity index is 391. The number of fused-ring (bicyclic) bond motifs is 2. The number of hydrogen-bond donors (Lipinski definition) is 0. The van der Waals surface area contributed by atoms with Gasteiger partial charge in [0.05, 0.1) is 25.3 Å². The number of rotatable bonds is 4. The summed E-state index contributed by atoms with van der Waals surface area (Å²) in [5, 5.41) is 0. The van der Waals surface area contributed by atoms with Crippen LogP contribution in [0.1, 0.15) is 39.0 Å². The summed E-state index contributed by atoms with van der Waals surface area (Å²) >= 11 is 0. The highest BCUT2D eigenvalue weighted by Crippen LogP contribution is 2.36. The van der Waals surface area contributed by atoms with Crippen LogP contribution in [0.2, 0.25) is 0 Å². The first-order valence-electron chi connectivity index (χ1n) is 6.92. The highest BCUT2D eigenvalue weighted by Gasteiger charge is 2.44. The minimum absolute atomic E-state index is 0.166. The van der Waals surface area contributed by atoms with Crippen LogP contribution in [0.3, 0.4) is 0 Å². The fraction of sp³-hybridized carbons (Fsp3) is 0.714. The van der Waals surface area contributed by atoms with Crippen LogP contribution in [0.5, 0.6) is 0 Å². The lowest BCUT2D eigenvalue weighted by Crippen LogP contribution is -2.46. The quantitative estimate of drug-likeness (QED) is 0.579. The maximum Gasteiger partial charge on any atom is 0.410 e. The normalized spacial score (nSPS) is 24.9. The van der Waals surface area contributed by atoms with Crippen molar-refractivity contribution in [2.45, 2.75) is 51.1 Å². The lowest BCUT2D eigenvalue weighted by Gasteiger charge is -2.33. The third-order valence-electron chi connectivity index (χ3n) is 3.83. The van der Waals surface area contributed by atoms with Crippen LogP contribution < -0.4 is 0 Å². The molecular formula is C14H21NO4. The number of hydrogen-bond acceptors (Lipinski definition) is 4. The van der Waals surface area contributed by atoms with Crippen molar-refractivity contribution >= 4 is 12.1 Å². The minimum atomic E-state index is -0.336. The zero-order chi connectivity index (χ0) is 13.8. The van der Waals surface area contributed by atoms with Crippen molar-refractivity contribution in [2.75, 3.05) is 13.7 Å². The summed E-state index contributed by atoms with van der Waals surface area (Å²) in [6, 6.07) is 0.00728. The second-order valence-corrected chi connectivity index (χ2v) is 5.01. The molecule has 0 aromatic rings. The number of amides is 1. The van der Waals surface area contributed by atoms with Crippen molar-refractivity contribution in [2.24, 2.45) is 0 Å². The lowest BCUT2D eigenvalue weighted by atomic mass is 10.0. The van der Waals surface area contributed by atoms with E-state index in [-0.39, 0.29) is 24.1 Å². The minimum Gasteiger partial charge on any atom is -0.466 e. The van der Waals surface area contributed by atoms with E-state index in [0.717, 1.165) is 25.7 Å². The van der Waals surface area contributed by atoms with Crippen LogP contribution in [0.15, 0.2) is 11.6 Å². The third kappa shape index (κ3) is 2.74. The molecule has 2 aliphatic heterocycles. The first-order chi connectivity index (χ1) is 9.19. The van der Waals surface area contributed by atoms with Gasteiger partial charge in [-0.25, -0.2) is 9.59 Å². The van der Waals surface area contributed by atoms with E-state index < -0.39 is 0 Å². The van der Waals surface area contributed by atoms with E-state index in [4.69, 9.17) is 9.47 Å². The van der Waals surface area contributed by atoms with Gasteiger partial charge in [-0.15, -0.1) is 0 Å². The molecule has 0 aliphatic carbocycles. The average molecular weight is 267 g/mol. The van der Waals surface area contributed by atoms with Crippen molar-refractivity contribution < 1.29 is 19.1 Å². The highest BCUT2D eigenvalue weighted by molar-refractivity contribution is 5.91. The molecule has 1 amide bonds. The van der Waals surface area contributed by atoms with Crippen molar-refractivity contribution in [1.29, 1.82) is 0 Å². The fourth-order valence-corrected chi connectivity index (χ4v) is 2.81. The number of carbonyl (C=O) groups excluding carboxylic acids is 2. The van der Waals surface area contributed by atoms with Crippen molar-refractivity contribution in [1.82, 2.24) is 4.90 Å². The smallest absolute Gasteiger partial charge is 0.410 e. The summed E-state index contributed by atoms with van der Waals surface area (Å²) in [6.07, 6.45) is 5.92. The Hall–Kier alpha value is -1.52. The van der Waals surface area contributed by atoms with Crippen LogP contribution in [0.4, 0.5) is 4.79 Å². The molecule has 0 radical (unpaired) electrons. The molecule has 2 unspecified atom stereocenters. The Morgan fingerprint density at radius 1 is 1.42 bits per heavy atom.